The van der Waals surface area contributed by atoms with Crippen LogP contribution in [0.25, 0.3) is 0 Å². The maximum absolute atomic E-state index is 13.0. The molecule has 0 saturated heterocycles. The van der Waals surface area contributed by atoms with E-state index in [-0.39, 0.29) is 10.7 Å². The normalized spacial score (nSPS) is 11.2. The van der Waals surface area contributed by atoms with E-state index in [1.807, 2.05) is 0 Å². The molecular formula is C15H10ClF5N2O. The van der Waals surface area contributed by atoms with Crippen LogP contribution in [0.1, 0.15) is 5.56 Å². The zero-order valence-electron chi connectivity index (χ0n) is 11.8. The number of alkyl halides is 3. The lowest BCUT2D eigenvalue weighted by atomic mass is 10.1. The van der Waals surface area contributed by atoms with E-state index < -0.39 is 41.5 Å². The third-order valence-electron chi connectivity index (χ3n) is 2.93. The number of halogens is 6. The van der Waals surface area contributed by atoms with Gasteiger partial charge in [-0.3, -0.25) is 4.79 Å². The Labute approximate surface area is 138 Å². The molecule has 0 aliphatic rings. The number of anilines is 2. The maximum Gasteiger partial charge on any atom is 0.418 e. The van der Waals surface area contributed by atoms with Gasteiger partial charge in [0.05, 0.1) is 17.8 Å². The highest BCUT2D eigenvalue weighted by molar-refractivity contribution is 6.30. The molecule has 0 unspecified atom stereocenters. The summed E-state index contributed by atoms with van der Waals surface area (Å²) in [6.45, 7) is -0.439. The van der Waals surface area contributed by atoms with Gasteiger partial charge < -0.3 is 10.6 Å². The second-order valence-corrected chi connectivity index (χ2v) is 5.15. The standard InChI is InChI=1S/C15H10ClF5N2O/c16-8-1-4-13(10(5-8)15(19,20)21)23-14(24)7-22-9-2-3-11(17)12(18)6-9/h1-6,22H,7H2,(H,23,24). The Kier molecular flexibility index (Phi) is 5.28. The Morgan fingerprint density at radius 1 is 1.04 bits per heavy atom. The largest absolute Gasteiger partial charge is 0.418 e. The molecule has 2 aromatic rings. The van der Waals surface area contributed by atoms with Gasteiger partial charge in [0.25, 0.3) is 0 Å². The predicted octanol–water partition coefficient (Wildman–Crippen LogP) is 4.69. The Morgan fingerprint density at radius 2 is 1.75 bits per heavy atom. The molecule has 2 N–H and O–H groups in total. The molecule has 0 spiro atoms. The quantitative estimate of drug-likeness (QED) is 0.773. The van der Waals surface area contributed by atoms with Crippen molar-refractivity contribution in [1.82, 2.24) is 0 Å². The fraction of sp³-hybridized carbons (Fsp3) is 0.133. The first kappa shape index (κ1) is 18.0. The Morgan fingerprint density at radius 3 is 2.38 bits per heavy atom. The van der Waals surface area contributed by atoms with E-state index in [1.54, 1.807) is 0 Å². The Balaban J connectivity index is 2.06. The van der Waals surface area contributed by atoms with Crippen LogP contribution in [0.15, 0.2) is 36.4 Å². The Hall–Kier alpha value is -2.35. The summed E-state index contributed by atoms with van der Waals surface area (Å²) in [5.41, 5.74) is -1.43. The number of nitrogens with one attached hydrogen (secondary N) is 2. The number of benzene rings is 2. The van der Waals surface area contributed by atoms with E-state index in [4.69, 9.17) is 11.6 Å². The first-order valence-corrected chi connectivity index (χ1v) is 6.90. The van der Waals surface area contributed by atoms with E-state index in [9.17, 15) is 26.7 Å². The van der Waals surface area contributed by atoms with Crippen molar-refractivity contribution in [2.45, 2.75) is 6.18 Å². The van der Waals surface area contributed by atoms with Gasteiger partial charge in [-0.25, -0.2) is 8.78 Å². The summed E-state index contributed by atoms with van der Waals surface area (Å²) in [6.07, 6.45) is -4.69. The summed E-state index contributed by atoms with van der Waals surface area (Å²) in [7, 11) is 0. The molecule has 0 radical (unpaired) electrons. The van der Waals surface area contributed by atoms with Gasteiger partial charge in [-0.15, -0.1) is 0 Å². The fourth-order valence-electron chi connectivity index (χ4n) is 1.84. The van der Waals surface area contributed by atoms with Crippen LogP contribution in [0.2, 0.25) is 5.02 Å². The topological polar surface area (TPSA) is 41.1 Å². The highest BCUT2D eigenvalue weighted by atomic mass is 35.5. The van der Waals surface area contributed by atoms with Crippen LogP contribution in [0, 0.1) is 11.6 Å². The van der Waals surface area contributed by atoms with Crippen LogP contribution < -0.4 is 10.6 Å². The molecule has 0 atom stereocenters. The summed E-state index contributed by atoms with van der Waals surface area (Å²) in [6, 6.07) is 5.80. The van der Waals surface area contributed by atoms with Gasteiger partial charge in [0, 0.05) is 16.8 Å². The Bertz CT molecular complexity index is 764. The summed E-state index contributed by atoms with van der Waals surface area (Å²) in [5.74, 6) is -2.97. The second kappa shape index (κ2) is 7.04. The van der Waals surface area contributed by atoms with Gasteiger partial charge in [0.2, 0.25) is 5.91 Å². The molecule has 0 bridgehead atoms. The summed E-state index contributed by atoms with van der Waals surface area (Å²) >= 11 is 5.54. The molecule has 3 nitrogen and oxygen atoms in total. The summed E-state index contributed by atoms with van der Waals surface area (Å²) < 4.78 is 64.5. The smallest absolute Gasteiger partial charge is 0.376 e. The molecule has 2 rings (SSSR count). The highest BCUT2D eigenvalue weighted by Crippen LogP contribution is 2.36. The van der Waals surface area contributed by atoms with Crippen molar-refractivity contribution in [3.63, 3.8) is 0 Å². The third kappa shape index (κ3) is 4.58. The van der Waals surface area contributed by atoms with E-state index in [0.29, 0.717) is 6.07 Å². The van der Waals surface area contributed by atoms with E-state index in [0.717, 1.165) is 18.2 Å². The van der Waals surface area contributed by atoms with Crippen molar-refractivity contribution >= 4 is 28.9 Å². The molecule has 128 valence electrons. The second-order valence-electron chi connectivity index (χ2n) is 4.72. The van der Waals surface area contributed by atoms with Crippen molar-refractivity contribution in [3.05, 3.63) is 58.6 Å². The zero-order valence-corrected chi connectivity index (χ0v) is 12.6. The first-order valence-electron chi connectivity index (χ1n) is 6.52. The lowest BCUT2D eigenvalue weighted by molar-refractivity contribution is -0.137. The van der Waals surface area contributed by atoms with Crippen molar-refractivity contribution in [1.29, 1.82) is 0 Å². The van der Waals surface area contributed by atoms with E-state index >= 15 is 0 Å². The number of hydrogen-bond donors (Lipinski definition) is 2. The maximum atomic E-state index is 13.0. The van der Waals surface area contributed by atoms with E-state index in [2.05, 4.69) is 10.6 Å². The zero-order chi connectivity index (χ0) is 17.9. The molecule has 0 saturated carbocycles. The fourth-order valence-corrected chi connectivity index (χ4v) is 2.01. The number of amides is 1. The number of rotatable bonds is 4. The van der Waals surface area contributed by atoms with Crippen molar-refractivity contribution in [3.8, 4) is 0 Å². The van der Waals surface area contributed by atoms with Gasteiger partial charge in [0.15, 0.2) is 11.6 Å². The number of hydrogen-bond acceptors (Lipinski definition) is 2. The van der Waals surface area contributed by atoms with E-state index in [1.165, 1.54) is 12.1 Å². The van der Waals surface area contributed by atoms with Crippen molar-refractivity contribution in [2.24, 2.45) is 0 Å². The number of carbonyl (C=O) groups excluding carboxylic acids is 1. The molecule has 9 heteroatoms. The molecule has 24 heavy (non-hydrogen) atoms. The molecular weight excluding hydrogens is 355 g/mol. The lowest BCUT2D eigenvalue weighted by Gasteiger charge is -2.14. The van der Waals surface area contributed by atoms with Gasteiger partial charge in [0.1, 0.15) is 0 Å². The lowest BCUT2D eigenvalue weighted by Crippen LogP contribution is -2.23. The number of carbonyl (C=O) groups is 1. The average molecular weight is 365 g/mol. The van der Waals surface area contributed by atoms with Gasteiger partial charge in [-0.05, 0) is 30.3 Å². The summed E-state index contributed by atoms with van der Waals surface area (Å²) in [4.78, 5) is 11.8. The molecule has 0 aromatic heterocycles. The molecule has 0 heterocycles. The van der Waals surface area contributed by atoms with Crippen LogP contribution in [0.4, 0.5) is 33.3 Å². The van der Waals surface area contributed by atoms with Crippen LogP contribution >= 0.6 is 11.6 Å². The molecule has 1 amide bonds. The highest BCUT2D eigenvalue weighted by Gasteiger charge is 2.34. The van der Waals surface area contributed by atoms with Crippen LogP contribution in [0.3, 0.4) is 0 Å². The summed E-state index contributed by atoms with van der Waals surface area (Å²) in [5, 5.41) is 4.44. The third-order valence-corrected chi connectivity index (χ3v) is 3.17. The van der Waals surface area contributed by atoms with Gasteiger partial charge in [-0.2, -0.15) is 13.2 Å². The molecule has 0 aliphatic heterocycles. The van der Waals surface area contributed by atoms with Gasteiger partial charge >= 0.3 is 6.18 Å². The van der Waals surface area contributed by atoms with Gasteiger partial charge in [-0.1, -0.05) is 11.6 Å². The molecule has 0 fully saturated rings. The van der Waals surface area contributed by atoms with Crippen LogP contribution in [-0.2, 0) is 11.0 Å². The van der Waals surface area contributed by atoms with Crippen molar-refractivity contribution < 1.29 is 26.7 Å². The minimum atomic E-state index is -4.69. The SMILES string of the molecule is O=C(CNc1ccc(F)c(F)c1)Nc1ccc(Cl)cc1C(F)(F)F. The molecule has 0 aliphatic carbocycles. The molecule has 2 aromatic carbocycles. The predicted molar refractivity (Wildman–Crippen MR) is 79.9 cm³/mol. The first-order chi connectivity index (χ1) is 11.2. The monoisotopic (exact) mass is 364 g/mol. The minimum absolute atomic E-state index is 0.108. The minimum Gasteiger partial charge on any atom is -0.376 e. The average Bonchev–Trinajstić information content (AvgIpc) is 2.49. The van der Waals surface area contributed by atoms with Crippen LogP contribution in [-0.4, -0.2) is 12.5 Å². The van der Waals surface area contributed by atoms with Crippen molar-refractivity contribution in [2.75, 3.05) is 17.2 Å². The van der Waals surface area contributed by atoms with Crippen LogP contribution in [0.5, 0.6) is 0 Å².